The predicted molar refractivity (Wildman–Crippen MR) is 90.0 cm³/mol. The van der Waals surface area contributed by atoms with Crippen molar-refractivity contribution < 1.29 is 4.74 Å². The minimum absolute atomic E-state index is 0.0333. The highest BCUT2D eigenvalue weighted by atomic mass is 35.5. The molecule has 124 valence electrons. The maximum absolute atomic E-state index is 12.4. The van der Waals surface area contributed by atoms with Crippen LogP contribution in [-0.2, 0) is 19.5 Å². The Balaban J connectivity index is 1.85. The Hall–Kier alpha value is -2.23. The molecule has 8 heteroatoms. The molecule has 0 fully saturated rings. The average Bonchev–Trinajstić information content (AvgIpc) is 3.02. The van der Waals surface area contributed by atoms with Crippen LogP contribution in [0, 0.1) is 11.3 Å². The normalized spacial score (nSPS) is 12.7. The van der Waals surface area contributed by atoms with Crippen LogP contribution in [0.3, 0.4) is 0 Å². The summed E-state index contributed by atoms with van der Waals surface area (Å²) in [4.78, 5) is 24.8. The molecule has 24 heavy (non-hydrogen) atoms. The molecular weight excluding hydrogens is 353 g/mol. The van der Waals surface area contributed by atoms with Gasteiger partial charge in [-0.3, -0.25) is 13.9 Å². The Kier molecular flexibility index (Phi) is 4.65. The summed E-state index contributed by atoms with van der Waals surface area (Å²) in [6.07, 6.45) is 1.33. The van der Waals surface area contributed by atoms with Gasteiger partial charge in [0.1, 0.15) is 24.0 Å². The van der Waals surface area contributed by atoms with Crippen molar-refractivity contribution in [1.82, 2.24) is 9.13 Å². The molecule has 6 nitrogen and oxygen atoms in total. The van der Waals surface area contributed by atoms with Crippen molar-refractivity contribution in [1.29, 1.82) is 5.26 Å². The molecule has 0 spiro atoms. The van der Waals surface area contributed by atoms with Crippen LogP contribution in [0.5, 0.6) is 5.75 Å². The van der Waals surface area contributed by atoms with Crippen LogP contribution in [0.1, 0.15) is 17.7 Å². The van der Waals surface area contributed by atoms with Gasteiger partial charge < -0.3 is 4.74 Å². The third-order valence-corrected chi connectivity index (χ3v) is 4.44. The molecule has 2 heterocycles. The Bertz CT molecular complexity index is 957. The number of nitriles is 1. The van der Waals surface area contributed by atoms with Crippen LogP contribution >= 0.6 is 23.2 Å². The SMILES string of the molecule is N#Cc1c2n(c(=O)n(CCOc3ccc(Cl)cc3Cl)c1=O)CCC2. The van der Waals surface area contributed by atoms with E-state index in [1.54, 1.807) is 18.2 Å². The first-order valence-corrected chi connectivity index (χ1v) is 8.13. The van der Waals surface area contributed by atoms with Crippen molar-refractivity contribution in [2.24, 2.45) is 0 Å². The highest BCUT2D eigenvalue weighted by molar-refractivity contribution is 6.35. The number of ether oxygens (including phenoxy) is 1. The molecule has 1 aromatic carbocycles. The molecule has 3 rings (SSSR count). The van der Waals surface area contributed by atoms with E-state index in [9.17, 15) is 14.9 Å². The molecular formula is C16H13Cl2N3O3. The average molecular weight is 366 g/mol. The number of aromatic nitrogens is 2. The van der Waals surface area contributed by atoms with E-state index in [1.807, 2.05) is 6.07 Å². The van der Waals surface area contributed by atoms with Gasteiger partial charge in [0, 0.05) is 17.3 Å². The van der Waals surface area contributed by atoms with E-state index < -0.39 is 11.2 Å². The summed E-state index contributed by atoms with van der Waals surface area (Å²) < 4.78 is 8.05. The van der Waals surface area contributed by atoms with Crippen molar-refractivity contribution in [3.63, 3.8) is 0 Å². The fourth-order valence-electron chi connectivity index (χ4n) is 2.79. The molecule has 1 aliphatic heterocycles. The maximum Gasteiger partial charge on any atom is 0.331 e. The van der Waals surface area contributed by atoms with Gasteiger partial charge in [-0.2, -0.15) is 5.26 Å². The van der Waals surface area contributed by atoms with Gasteiger partial charge in [-0.05, 0) is 31.0 Å². The van der Waals surface area contributed by atoms with Crippen LogP contribution in [0.15, 0.2) is 27.8 Å². The fourth-order valence-corrected chi connectivity index (χ4v) is 3.25. The Morgan fingerprint density at radius 1 is 1.29 bits per heavy atom. The van der Waals surface area contributed by atoms with Gasteiger partial charge in [0.25, 0.3) is 5.56 Å². The highest BCUT2D eigenvalue weighted by Gasteiger charge is 2.22. The highest BCUT2D eigenvalue weighted by Crippen LogP contribution is 2.27. The van der Waals surface area contributed by atoms with Crippen LogP contribution in [0.2, 0.25) is 10.0 Å². The van der Waals surface area contributed by atoms with Gasteiger partial charge in [-0.1, -0.05) is 23.2 Å². The van der Waals surface area contributed by atoms with Crippen molar-refractivity contribution in [2.45, 2.75) is 25.9 Å². The van der Waals surface area contributed by atoms with Gasteiger partial charge in [0.05, 0.1) is 11.6 Å². The van der Waals surface area contributed by atoms with Crippen LogP contribution < -0.4 is 16.0 Å². The lowest BCUT2D eigenvalue weighted by Crippen LogP contribution is -2.42. The van der Waals surface area contributed by atoms with E-state index in [2.05, 4.69) is 0 Å². The number of rotatable bonds is 4. The summed E-state index contributed by atoms with van der Waals surface area (Å²) in [6, 6.07) is 6.71. The lowest BCUT2D eigenvalue weighted by atomic mass is 10.2. The summed E-state index contributed by atoms with van der Waals surface area (Å²) in [6.45, 7) is 0.624. The fraction of sp³-hybridized carbons (Fsp3) is 0.312. The largest absolute Gasteiger partial charge is 0.490 e. The number of hydrogen-bond donors (Lipinski definition) is 0. The van der Waals surface area contributed by atoms with Gasteiger partial charge in [0.15, 0.2) is 0 Å². The van der Waals surface area contributed by atoms with E-state index in [1.165, 1.54) is 4.57 Å². The van der Waals surface area contributed by atoms with Crippen LogP contribution in [0.25, 0.3) is 0 Å². The first kappa shape index (κ1) is 16.6. The van der Waals surface area contributed by atoms with Gasteiger partial charge in [0.2, 0.25) is 0 Å². The molecule has 0 saturated heterocycles. The van der Waals surface area contributed by atoms with Crippen molar-refractivity contribution in [3.05, 3.63) is 60.3 Å². The molecule has 0 amide bonds. The first-order valence-electron chi connectivity index (χ1n) is 7.37. The number of halogens is 2. The van der Waals surface area contributed by atoms with E-state index >= 15 is 0 Å². The zero-order chi connectivity index (χ0) is 17.3. The van der Waals surface area contributed by atoms with E-state index in [4.69, 9.17) is 27.9 Å². The molecule has 0 radical (unpaired) electrons. The minimum atomic E-state index is -0.568. The number of fused-ring (bicyclic) bond motifs is 1. The second-order valence-corrected chi connectivity index (χ2v) is 6.19. The van der Waals surface area contributed by atoms with Gasteiger partial charge in [-0.15, -0.1) is 0 Å². The number of hydrogen-bond acceptors (Lipinski definition) is 4. The van der Waals surface area contributed by atoms with Gasteiger partial charge >= 0.3 is 5.69 Å². The molecule has 0 bridgehead atoms. The number of nitrogens with zero attached hydrogens (tertiary/aromatic N) is 3. The monoisotopic (exact) mass is 365 g/mol. The predicted octanol–water partition coefficient (Wildman–Crippen LogP) is 2.21. The molecule has 0 saturated carbocycles. The molecule has 0 aliphatic carbocycles. The first-order chi connectivity index (χ1) is 11.5. The molecule has 0 unspecified atom stereocenters. The summed E-state index contributed by atoms with van der Waals surface area (Å²) in [7, 11) is 0. The van der Waals surface area contributed by atoms with E-state index in [0.29, 0.717) is 34.5 Å². The third kappa shape index (κ3) is 2.93. The summed E-state index contributed by atoms with van der Waals surface area (Å²) >= 11 is 11.8. The Morgan fingerprint density at radius 3 is 2.79 bits per heavy atom. The van der Waals surface area contributed by atoms with E-state index in [-0.39, 0.29) is 18.7 Å². The standard InChI is InChI=1S/C16H13Cl2N3O3/c17-10-3-4-14(12(18)8-10)24-7-6-21-15(22)11(9-19)13-2-1-5-20(13)16(21)23/h3-4,8H,1-2,5-7H2. The maximum atomic E-state index is 12.4. The Labute approximate surface area is 147 Å². The van der Waals surface area contributed by atoms with Crippen LogP contribution in [-0.4, -0.2) is 15.7 Å². The molecule has 1 aliphatic rings. The third-order valence-electron chi connectivity index (χ3n) is 3.91. The lowest BCUT2D eigenvalue weighted by molar-refractivity contribution is 0.292. The van der Waals surface area contributed by atoms with Gasteiger partial charge in [-0.25, -0.2) is 4.79 Å². The topological polar surface area (TPSA) is 77.0 Å². The second-order valence-electron chi connectivity index (χ2n) is 5.35. The summed E-state index contributed by atoms with van der Waals surface area (Å²) in [5, 5.41) is 10.1. The molecule has 0 atom stereocenters. The summed E-state index contributed by atoms with van der Waals surface area (Å²) in [5.74, 6) is 0.413. The molecule has 0 N–H and O–H groups in total. The smallest absolute Gasteiger partial charge is 0.331 e. The quantitative estimate of drug-likeness (QED) is 0.831. The minimum Gasteiger partial charge on any atom is -0.490 e. The second kappa shape index (κ2) is 6.71. The zero-order valence-corrected chi connectivity index (χ0v) is 14.1. The Morgan fingerprint density at radius 2 is 2.08 bits per heavy atom. The van der Waals surface area contributed by atoms with Crippen LogP contribution in [0.4, 0.5) is 0 Å². The molecule has 1 aromatic heterocycles. The lowest BCUT2D eigenvalue weighted by Gasteiger charge is -2.12. The number of benzene rings is 1. The van der Waals surface area contributed by atoms with Crippen molar-refractivity contribution >= 4 is 23.2 Å². The summed E-state index contributed by atoms with van der Waals surface area (Å²) in [5.41, 5.74) is -0.402. The van der Waals surface area contributed by atoms with Crippen molar-refractivity contribution in [3.8, 4) is 11.8 Å². The zero-order valence-electron chi connectivity index (χ0n) is 12.6. The van der Waals surface area contributed by atoms with Crippen molar-refractivity contribution in [2.75, 3.05) is 6.61 Å². The molecule has 2 aromatic rings. The van der Waals surface area contributed by atoms with E-state index in [0.717, 1.165) is 11.0 Å².